The maximum Gasteiger partial charge on any atom is 0.348 e. The van der Waals surface area contributed by atoms with Gasteiger partial charge in [-0.25, -0.2) is 9.18 Å². The normalized spacial score (nSPS) is 17.5. The quantitative estimate of drug-likeness (QED) is 0.745. The molecule has 1 heterocycles. The third-order valence-corrected chi connectivity index (χ3v) is 2.53. The molecule has 17 heavy (non-hydrogen) atoms. The van der Waals surface area contributed by atoms with Crippen molar-refractivity contribution in [2.24, 2.45) is 0 Å². The van der Waals surface area contributed by atoms with E-state index in [4.69, 9.17) is 9.47 Å². The molecule has 0 aromatic heterocycles. The third-order valence-electron chi connectivity index (χ3n) is 2.27. The molecule has 0 amide bonds. The molecule has 2 rings (SSSR count). The Morgan fingerprint density at radius 1 is 1.35 bits per heavy atom. The molecule has 90 valence electrons. The molecular weight excluding hydrogens is 291 g/mol. The lowest BCUT2D eigenvalue weighted by molar-refractivity contribution is -0.128. The van der Waals surface area contributed by atoms with Crippen molar-refractivity contribution < 1.29 is 18.7 Å². The number of rotatable bonds is 1. The average Bonchev–Trinajstić information content (AvgIpc) is 2.20. The van der Waals surface area contributed by atoms with Gasteiger partial charge < -0.3 is 9.47 Å². The SMILES string of the molecule is CC1(C)OC(=O)c2c(F)ccc(/C=C/Br)c2O1. The molecule has 5 heteroatoms. The molecule has 0 spiro atoms. The summed E-state index contributed by atoms with van der Waals surface area (Å²) >= 11 is 3.13. The van der Waals surface area contributed by atoms with Crippen LogP contribution in [0, 0.1) is 5.82 Å². The molecule has 0 saturated heterocycles. The molecular formula is C12H10BrFO3. The first-order valence-electron chi connectivity index (χ1n) is 4.96. The summed E-state index contributed by atoms with van der Waals surface area (Å²) in [6.45, 7) is 3.20. The topological polar surface area (TPSA) is 35.5 Å². The van der Waals surface area contributed by atoms with Crippen LogP contribution in [0.15, 0.2) is 17.1 Å². The van der Waals surface area contributed by atoms with Crippen LogP contribution in [0.1, 0.15) is 29.8 Å². The van der Waals surface area contributed by atoms with E-state index in [0.29, 0.717) is 5.56 Å². The first kappa shape index (κ1) is 12.1. The summed E-state index contributed by atoms with van der Waals surface area (Å²) in [5, 5.41) is 0. The van der Waals surface area contributed by atoms with Crippen LogP contribution in [-0.2, 0) is 4.74 Å². The fourth-order valence-electron chi connectivity index (χ4n) is 1.61. The van der Waals surface area contributed by atoms with Gasteiger partial charge in [-0.1, -0.05) is 15.9 Å². The Kier molecular flexibility index (Phi) is 2.95. The molecule has 1 aromatic rings. The van der Waals surface area contributed by atoms with Crippen LogP contribution in [0.2, 0.25) is 0 Å². The van der Waals surface area contributed by atoms with Gasteiger partial charge >= 0.3 is 5.97 Å². The molecule has 0 N–H and O–H groups in total. The maximum atomic E-state index is 13.6. The average molecular weight is 301 g/mol. The number of carbonyl (C=O) groups excluding carboxylic acids is 1. The van der Waals surface area contributed by atoms with Crippen LogP contribution >= 0.6 is 15.9 Å². The fourth-order valence-corrected chi connectivity index (χ4v) is 1.90. The minimum absolute atomic E-state index is 0.160. The lowest BCUT2D eigenvalue weighted by atomic mass is 10.1. The van der Waals surface area contributed by atoms with Gasteiger partial charge in [0.25, 0.3) is 0 Å². The van der Waals surface area contributed by atoms with Gasteiger partial charge in [-0.15, -0.1) is 0 Å². The summed E-state index contributed by atoms with van der Waals surface area (Å²) < 4.78 is 24.1. The summed E-state index contributed by atoms with van der Waals surface area (Å²) in [7, 11) is 0. The first-order valence-corrected chi connectivity index (χ1v) is 5.88. The van der Waals surface area contributed by atoms with Crippen LogP contribution in [0.5, 0.6) is 5.75 Å². The zero-order chi connectivity index (χ0) is 12.6. The maximum absolute atomic E-state index is 13.6. The van der Waals surface area contributed by atoms with Crippen molar-refractivity contribution in [2.45, 2.75) is 19.6 Å². The zero-order valence-electron chi connectivity index (χ0n) is 9.29. The Morgan fingerprint density at radius 3 is 2.71 bits per heavy atom. The molecule has 0 aliphatic carbocycles. The molecule has 0 unspecified atom stereocenters. The van der Waals surface area contributed by atoms with Gasteiger partial charge in [-0.2, -0.15) is 0 Å². The van der Waals surface area contributed by atoms with Gasteiger partial charge in [0.2, 0.25) is 5.79 Å². The number of hydrogen-bond donors (Lipinski definition) is 0. The second-order valence-electron chi connectivity index (χ2n) is 4.02. The number of esters is 1. The summed E-state index contributed by atoms with van der Waals surface area (Å²) in [4.78, 5) is 13.3. The van der Waals surface area contributed by atoms with E-state index in [1.807, 2.05) is 0 Å². The smallest absolute Gasteiger partial charge is 0.348 e. The first-order chi connectivity index (χ1) is 7.94. The van der Waals surface area contributed by atoms with Crippen molar-refractivity contribution in [3.63, 3.8) is 0 Å². The fraction of sp³-hybridized carbons (Fsp3) is 0.250. The summed E-state index contributed by atoms with van der Waals surface area (Å²) in [6, 6.07) is 2.75. The largest absolute Gasteiger partial charge is 0.451 e. The van der Waals surface area contributed by atoms with Crippen molar-refractivity contribution in [1.29, 1.82) is 0 Å². The van der Waals surface area contributed by atoms with Crippen molar-refractivity contribution >= 4 is 28.0 Å². The monoisotopic (exact) mass is 300 g/mol. The summed E-state index contributed by atoms with van der Waals surface area (Å²) in [6.07, 6.45) is 1.67. The van der Waals surface area contributed by atoms with Gasteiger partial charge in [0.15, 0.2) is 0 Å². The van der Waals surface area contributed by atoms with Crippen molar-refractivity contribution in [3.8, 4) is 5.75 Å². The molecule has 0 fully saturated rings. The highest BCUT2D eigenvalue weighted by molar-refractivity contribution is 9.11. The van der Waals surface area contributed by atoms with Gasteiger partial charge in [0.05, 0.1) is 0 Å². The molecule has 1 aliphatic heterocycles. The highest BCUT2D eigenvalue weighted by Crippen LogP contribution is 2.36. The van der Waals surface area contributed by atoms with E-state index < -0.39 is 17.6 Å². The third kappa shape index (κ3) is 2.20. The van der Waals surface area contributed by atoms with Gasteiger partial charge in [0.1, 0.15) is 17.1 Å². The van der Waals surface area contributed by atoms with Crippen LogP contribution in [-0.4, -0.2) is 11.8 Å². The summed E-state index contributed by atoms with van der Waals surface area (Å²) in [5.74, 6) is -2.24. The number of carbonyl (C=O) groups is 1. The Balaban J connectivity index is 2.65. The Bertz CT molecular complexity index is 509. The minimum Gasteiger partial charge on any atom is -0.451 e. The predicted molar refractivity (Wildman–Crippen MR) is 64.5 cm³/mol. The second kappa shape index (κ2) is 4.14. The number of ether oxygens (including phenoxy) is 2. The van der Waals surface area contributed by atoms with Crippen LogP contribution in [0.4, 0.5) is 4.39 Å². The van der Waals surface area contributed by atoms with E-state index in [1.54, 1.807) is 31.0 Å². The van der Waals surface area contributed by atoms with Crippen LogP contribution in [0.25, 0.3) is 6.08 Å². The molecule has 1 aromatic carbocycles. The molecule has 3 nitrogen and oxygen atoms in total. The van der Waals surface area contributed by atoms with Crippen LogP contribution < -0.4 is 4.74 Å². The van der Waals surface area contributed by atoms with Crippen LogP contribution in [0.3, 0.4) is 0 Å². The Labute approximate surface area is 106 Å². The van der Waals surface area contributed by atoms with E-state index in [9.17, 15) is 9.18 Å². The van der Waals surface area contributed by atoms with Crippen molar-refractivity contribution in [3.05, 3.63) is 34.1 Å². The van der Waals surface area contributed by atoms with E-state index in [1.165, 1.54) is 6.07 Å². The number of benzene rings is 1. The molecule has 0 saturated carbocycles. The minimum atomic E-state index is -1.09. The summed E-state index contributed by atoms with van der Waals surface area (Å²) in [5.41, 5.74) is 0.454. The van der Waals surface area contributed by atoms with E-state index in [-0.39, 0.29) is 11.3 Å². The molecule has 0 atom stereocenters. The van der Waals surface area contributed by atoms with Crippen molar-refractivity contribution in [2.75, 3.05) is 0 Å². The van der Waals surface area contributed by atoms with E-state index in [0.717, 1.165) is 0 Å². The molecule has 0 bridgehead atoms. The van der Waals surface area contributed by atoms with Gasteiger partial charge in [-0.3, -0.25) is 0 Å². The number of fused-ring (bicyclic) bond motifs is 1. The number of hydrogen-bond acceptors (Lipinski definition) is 3. The Hall–Kier alpha value is -1.36. The predicted octanol–water partition coefficient (Wildman–Crippen LogP) is 3.48. The zero-order valence-corrected chi connectivity index (χ0v) is 10.9. The lowest BCUT2D eigenvalue weighted by Crippen LogP contribution is -2.39. The number of halogens is 2. The Morgan fingerprint density at radius 2 is 2.06 bits per heavy atom. The lowest BCUT2D eigenvalue weighted by Gasteiger charge is -2.32. The van der Waals surface area contributed by atoms with Gasteiger partial charge in [-0.05, 0) is 23.2 Å². The van der Waals surface area contributed by atoms with E-state index >= 15 is 0 Å². The van der Waals surface area contributed by atoms with E-state index in [2.05, 4.69) is 15.9 Å². The van der Waals surface area contributed by atoms with Crippen molar-refractivity contribution in [1.82, 2.24) is 0 Å². The molecule has 0 radical (unpaired) electrons. The highest BCUT2D eigenvalue weighted by Gasteiger charge is 2.37. The number of cyclic esters (lactones) is 1. The second-order valence-corrected chi connectivity index (χ2v) is 4.55. The highest BCUT2D eigenvalue weighted by atomic mass is 79.9. The molecule has 1 aliphatic rings. The standard InChI is InChI=1S/C12H10BrFO3/c1-12(2)16-10-7(5-6-13)3-4-8(14)9(10)11(15)17-12/h3-6H,1-2H3/b6-5+. The van der Waals surface area contributed by atoms with Gasteiger partial charge in [0, 0.05) is 19.4 Å².